The summed E-state index contributed by atoms with van der Waals surface area (Å²) in [7, 11) is 0. The number of nitrogens with one attached hydrogen (secondary N) is 2. The molecule has 1 amide bonds. The molecular formula is C13H22N4O2. The summed E-state index contributed by atoms with van der Waals surface area (Å²) in [5, 5.41) is 10.4. The van der Waals surface area contributed by atoms with Crippen LogP contribution in [0.4, 0.5) is 5.82 Å². The van der Waals surface area contributed by atoms with E-state index in [9.17, 15) is 9.90 Å². The number of aromatic nitrogens is 2. The molecule has 106 valence electrons. The molecule has 1 aromatic rings. The molecule has 0 saturated carbocycles. The standard InChI is InChI=1S/C13H22N4O2/c1-3-5-13(19,6-4-2)9-12(18)17-16-11-10-14-7-8-15-11/h7-8,10,19H,3-6,9H2,1-2H3,(H,15,16)(H,17,18). The van der Waals surface area contributed by atoms with Crippen molar-refractivity contribution in [3.05, 3.63) is 18.6 Å². The summed E-state index contributed by atoms with van der Waals surface area (Å²) < 4.78 is 0. The van der Waals surface area contributed by atoms with Gasteiger partial charge in [-0.2, -0.15) is 0 Å². The molecule has 0 bridgehead atoms. The summed E-state index contributed by atoms with van der Waals surface area (Å²) in [4.78, 5) is 19.6. The fraction of sp³-hybridized carbons (Fsp3) is 0.615. The molecular weight excluding hydrogens is 244 g/mol. The summed E-state index contributed by atoms with van der Waals surface area (Å²) in [6.07, 6.45) is 7.61. The number of aliphatic hydroxyl groups is 1. The van der Waals surface area contributed by atoms with Crippen molar-refractivity contribution in [3.63, 3.8) is 0 Å². The van der Waals surface area contributed by atoms with Crippen molar-refractivity contribution in [2.75, 3.05) is 5.43 Å². The maximum absolute atomic E-state index is 11.8. The third-order valence-corrected chi connectivity index (χ3v) is 2.81. The Morgan fingerprint density at radius 1 is 1.32 bits per heavy atom. The molecule has 1 aromatic heterocycles. The largest absolute Gasteiger partial charge is 0.389 e. The molecule has 0 aliphatic carbocycles. The normalized spacial score (nSPS) is 11.1. The van der Waals surface area contributed by atoms with Crippen molar-refractivity contribution in [1.29, 1.82) is 0 Å². The second kappa shape index (κ2) is 7.68. The molecule has 0 aliphatic heterocycles. The van der Waals surface area contributed by atoms with Gasteiger partial charge in [-0.25, -0.2) is 4.98 Å². The number of nitrogens with zero attached hydrogens (tertiary/aromatic N) is 2. The van der Waals surface area contributed by atoms with Gasteiger partial charge in [0.1, 0.15) is 0 Å². The Morgan fingerprint density at radius 3 is 2.53 bits per heavy atom. The predicted octanol–water partition coefficient (Wildman–Crippen LogP) is 1.64. The Morgan fingerprint density at radius 2 is 2.00 bits per heavy atom. The lowest BCUT2D eigenvalue weighted by atomic mass is 9.89. The molecule has 0 unspecified atom stereocenters. The highest BCUT2D eigenvalue weighted by molar-refractivity contribution is 5.78. The highest BCUT2D eigenvalue weighted by Crippen LogP contribution is 2.23. The van der Waals surface area contributed by atoms with E-state index >= 15 is 0 Å². The molecule has 1 heterocycles. The highest BCUT2D eigenvalue weighted by atomic mass is 16.3. The van der Waals surface area contributed by atoms with E-state index in [0.29, 0.717) is 18.7 Å². The number of rotatable bonds is 8. The van der Waals surface area contributed by atoms with E-state index in [2.05, 4.69) is 20.8 Å². The van der Waals surface area contributed by atoms with Crippen LogP contribution in [0.2, 0.25) is 0 Å². The van der Waals surface area contributed by atoms with Crippen LogP contribution in [-0.4, -0.2) is 26.6 Å². The van der Waals surface area contributed by atoms with E-state index < -0.39 is 5.60 Å². The van der Waals surface area contributed by atoms with E-state index in [1.165, 1.54) is 12.4 Å². The summed E-state index contributed by atoms with van der Waals surface area (Å²) in [6.45, 7) is 3.99. The number of amides is 1. The molecule has 0 fully saturated rings. The molecule has 0 spiro atoms. The van der Waals surface area contributed by atoms with Crippen LogP contribution in [0, 0.1) is 0 Å². The van der Waals surface area contributed by atoms with Gasteiger partial charge in [-0.3, -0.25) is 20.6 Å². The second-order valence-electron chi connectivity index (χ2n) is 4.66. The molecule has 0 atom stereocenters. The van der Waals surface area contributed by atoms with E-state index in [4.69, 9.17) is 0 Å². The van der Waals surface area contributed by atoms with Crippen LogP contribution in [0.3, 0.4) is 0 Å². The number of carbonyl (C=O) groups is 1. The fourth-order valence-corrected chi connectivity index (χ4v) is 2.07. The molecule has 1 rings (SSSR count). The van der Waals surface area contributed by atoms with E-state index in [-0.39, 0.29) is 12.3 Å². The topological polar surface area (TPSA) is 87.1 Å². The Bertz CT molecular complexity index is 377. The third-order valence-electron chi connectivity index (χ3n) is 2.81. The minimum atomic E-state index is -0.919. The Labute approximate surface area is 113 Å². The fourth-order valence-electron chi connectivity index (χ4n) is 2.07. The van der Waals surface area contributed by atoms with E-state index in [1.54, 1.807) is 6.20 Å². The zero-order chi connectivity index (χ0) is 14.1. The van der Waals surface area contributed by atoms with Crippen LogP contribution >= 0.6 is 0 Å². The maximum Gasteiger partial charge on any atom is 0.241 e. The summed E-state index contributed by atoms with van der Waals surface area (Å²) >= 11 is 0. The van der Waals surface area contributed by atoms with Gasteiger partial charge in [0.05, 0.1) is 18.2 Å². The Kier molecular flexibility index (Phi) is 6.21. The van der Waals surface area contributed by atoms with E-state index in [0.717, 1.165) is 12.8 Å². The number of anilines is 1. The van der Waals surface area contributed by atoms with Gasteiger partial charge in [-0.15, -0.1) is 0 Å². The first kappa shape index (κ1) is 15.4. The van der Waals surface area contributed by atoms with Crippen LogP contribution in [0.5, 0.6) is 0 Å². The van der Waals surface area contributed by atoms with Gasteiger partial charge in [0.25, 0.3) is 0 Å². The lowest BCUT2D eigenvalue weighted by Crippen LogP contribution is -2.39. The first-order valence-corrected chi connectivity index (χ1v) is 6.63. The summed E-state index contributed by atoms with van der Waals surface area (Å²) in [5.41, 5.74) is 4.27. The quantitative estimate of drug-likeness (QED) is 0.623. The van der Waals surface area contributed by atoms with Gasteiger partial charge in [0.15, 0.2) is 5.82 Å². The second-order valence-corrected chi connectivity index (χ2v) is 4.66. The zero-order valence-electron chi connectivity index (χ0n) is 11.5. The van der Waals surface area contributed by atoms with Crippen LogP contribution in [-0.2, 0) is 4.79 Å². The number of hydrogen-bond donors (Lipinski definition) is 3. The minimum Gasteiger partial charge on any atom is -0.389 e. The van der Waals surface area contributed by atoms with Crippen molar-refractivity contribution in [1.82, 2.24) is 15.4 Å². The van der Waals surface area contributed by atoms with Crippen molar-refractivity contribution >= 4 is 11.7 Å². The molecule has 0 saturated heterocycles. The van der Waals surface area contributed by atoms with Crippen LogP contribution in [0.1, 0.15) is 46.0 Å². The molecule has 0 radical (unpaired) electrons. The molecule has 3 N–H and O–H groups in total. The lowest BCUT2D eigenvalue weighted by Gasteiger charge is -2.26. The average molecular weight is 266 g/mol. The third kappa shape index (κ3) is 5.65. The predicted molar refractivity (Wildman–Crippen MR) is 73.2 cm³/mol. The van der Waals surface area contributed by atoms with Crippen LogP contribution in [0.25, 0.3) is 0 Å². The van der Waals surface area contributed by atoms with Crippen molar-refractivity contribution in [3.8, 4) is 0 Å². The molecule has 6 nitrogen and oxygen atoms in total. The molecule has 0 aliphatic rings. The molecule has 19 heavy (non-hydrogen) atoms. The lowest BCUT2D eigenvalue weighted by molar-refractivity contribution is -0.126. The van der Waals surface area contributed by atoms with Gasteiger partial charge in [-0.1, -0.05) is 26.7 Å². The van der Waals surface area contributed by atoms with Crippen molar-refractivity contribution < 1.29 is 9.90 Å². The number of hydrazine groups is 1. The van der Waals surface area contributed by atoms with Gasteiger partial charge < -0.3 is 5.11 Å². The van der Waals surface area contributed by atoms with E-state index in [1.807, 2.05) is 13.8 Å². The van der Waals surface area contributed by atoms with Crippen LogP contribution in [0.15, 0.2) is 18.6 Å². The first-order chi connectivity index (χ1) is 9.09. The average Bonchev–Trinajstić information content (AvgIpc) is 2.38. The summed E-state index contributed by atoms with van der Waals surface area (Å²) in [5.74, 6) is 0.209. The van der Waals surface area contributed by atoms with Gasteiger partial charge in [0, 0.05) is 12.4 Å². The summed E-state index contributed by atoms with van der Waals surface area (Å²) in [6, 6.07) is 0. The number of hydrogen-bond acceptors (Lipinski definition) is 5. The molecule has 0 aromatic carbocycles. The highest BCUT2D eigenvalue weighted by Gasteiger charge is 2.28. The molecule has 6 heteroatoms. The number of carbonyl (C=O) groups excluding carboxylic acids is 1. The van der Waals surface area contributed by atoms with Gasteiger partial charge in [-0.05, 0) is 12.8 Å². The first-order valence-electron chi connectivity index (χ1n) is 6.63. The zero-order valence-corrected chi connectivity index (χ0v) is 11.5. The minimum absolute atomic E-state index is 0.0853. The van der Waals surface area contributed by atoms with Gasteiger partial charge >= 0.3 is 0 Å². The Balaban J connectivity index is 2.44. The van der Waals surface area contributed by atoms with Crippen molar-refractivity contribution in [2.24, 2.45) is 0 Å². The Hall–Kier alpha value is -1.69. The van der Waals surface area contributed by atoms with Crippen molar-refractivity contribution in [2.45, 2.75) is 51.6 Å². The van der Waals surface area contributed by atoms with Gasteiger partial charge in [0.2, 0.25) is 5.91 Å². The SMILES string of the molecule is CCCC(O)(CCC)CC(=O)NNc1cnccn1. The van der Waals surface area contributed by atoms with Crippen LogP contribution < -0.4 is 10.9 Å². The smallest absolute Gasteiger partial charge is 0.241 e. The monoisotopic (exact) mass is 266 g/mol. The maximum atomic E-state index is 11.8.